The molecule has 0 radical (unpaired) electrons. The molecule has 2 aromatic rings. The Morgan fingerprint density at radius 3 is 2.61 bits per heavy atom. The summed E-state index contributed by atoms with van der Waals surface area (Å²) in [5.41, 5.74) is 0.940. The number of methoxy groups -OCH3 is 1. The fraction of sp³-hybridized carbons (Fsp3) is 0.200. The van der Waals surface area contributed by atoms with Crippen LogP contribution in [0.3, 0.4) is 0 Å². The number of nitriles is 1. The average molecular weight is 381 g/mol. The second-order valence-electron chi connectivity index (χ2n) is 5.69. The lowest BCUT2D eigenvalue weighted by Crippen LogP contribution is -2.35. The molecule has 0 unspecified atom stereocenters. The molecule has 0 saturated carbocycles. The Balaban J connectivity index is 1.85. The zero-order valence-corrected chi connectivity index (χ0v) is 15.4. The van der Waals surface area contributed by atoms with Crippen LogP contribution in [0.25, 0.3) is 0 Å². The van der Waals surface area contributed by atoms with E-state index in [0.29, 0.717) is 22.6 Å². The van der Waals surface area contributed by atoms with Crippen molar-refractivity contribution in [3.8, 4) is 11.8 Å². The topological polar surface area (TPSA) is 118 Å². The Labute approximate surface area is 162 Å². The monoisotopic (exact) mass is 381 g/mol. The Kier molecular flexibility index (Phi) is 7.11. The minimum absolute atomic E-state index is 0.292. The summed E-state index contributed by atoms with van der Waals surface area (Å²) >= 11 is 0. The molecule has 2 aromatic carbocycles. The summed E-state index contributed by atoms with van der Waals surface area (Å²) in [6.45, 7) is 0.995. The number of benzene rings is 2. The lowest BCUT2D eigenvalue weighted by atomic mass is 10.2. The first-order chi connectivity index (χ1) is 13.4. The molecular formula is C20H19N3O5. The maximum absolute atomic E-state index is 12.1. The van der Waals surface area contributed by atoms with E-state index in [0.717, 1.165) is 0 Å². The van der Waals surface area contributed by atoms with Crippen LogP contribution >= 0.6 is 0 Å². The maximum atomic E-state index is 12.1. The molecule has 1 atom stereocenters. The predicted octanol–water partition coefficient (Wildman–Crippen LogP) is 1.87. The Morgan fingerprint density at radius 1 is 1.14 bits per heavy atom. The van der Waals surface area contributed by atoms with Crippen molar-refractivity contribution in [1.29, 1.82) is 5.26 Å². The van der Waals surface area contributed by atoms with E-state index in [-0.39, 0.29) is 0 Å². The van der Waals surface area contributed by atoms with Crippen LogP contribution in [0.4, 0.5) is 5.69 Å². The Morgan fingerprint density at radius 2 is 1.89 bits per heavy atom. The van der Waals surface area contributed by atoms with Crippen molar-refractivity contribution < 1.29 is 23.9 Å². The highest BCUT2D eigenvalue weighted by atomic mass is 16.5. The summed E-state index contributed by atoms with van der Waals surface area (Å²) < 4.78 is 10.1. The molecule has 8 heteroatoms. The predicted molar refractivity (Wildman–Crippen MR) is 101 cm³/mol. The molecule has 0 fully saturated rings. The van der Waals surface area contributed by atoms with E-state index in [1.165, 1.54) is 20.1 Å². The summed E-state index contributed by atoms with van der Waals surface area (Å²) in [6.07, 6.45) is -1.10. The third-order valence-corrected chi connectivity index (χ3v) is 3.71. The van der Waals surface area contributed by atoms with Crippen molar-refractivity contribution in [3.05, 3.63) is 59.7 Å². The molecule has 0 aromatic heterocycles. The molecule has 2 amide bonds. The number of nitrogens with zero attached hydrogens (tertiary/aromatic N) is 1. The Bertz CT molecular complexity index is 920. The lowest BCUT2D eigenvalue weighted by molar-refractivity contribution is -0.152. The van der Waals surface area contributed by atoms with Gasteiger partial charge in [0.25, 0.3) is 11.8 Å². The molecule has 2 rings (SSSR count). The van der Waals surface area contributed by atoms with E-state index >= 15 is 0 Å². The summed E-state index contributed by atoms with van der Waals surface area (Å²) in [5, 5.41) is 14.0. The molecule has 0 aliphatic carbocycles. The second kappa shape index (κ2) is 9.73. The van der Waals surface area contributed by atoms with Gasteiger partial charge in [-0.25, -0.2) is 0 Å². The van der Waals surface area contributed by atoms with Gasteiger partial charge >= 0.3 is 5.97 Å². The molecule has 0 aliphatic heterocycles. The van der Waals surface area contributed by atoms with Crippen LogP contribution < -0.4 is 15.4 Å². The van der Waals surface area contributed by atoms with Gasteiger partial charge in [0.2, 0.25) is 0 Å². The summed E-state index contributed by atoms with van der Waals surface area (Å²) in [7, 11) is 1.48. The van der Waals surface area contributed by atoms with Crippen LogP contribution in [0.2, 0.25) is 0 Å². The number of amides is 2. The molecular weight excluding hydrogens is 362 g/mol. The lowest BCUT2D eigenvalue weighted by Gasteiger charge is -2.14. The van der Waals surface area contributed by atoms with E-state index < -0.39 is 30.4 Å². The van der Waals surface area contributed by atoms with Crippen molar-refractivity contribution in [2.24, 2.45) is 0 Å². The van der Waals surface area contributed by atoms with Gasteiger partial charge in [-0.15, -0.1) is 0 Å². The van der Waals surface area contributed by atoms with Crippen molar-refractivity contribution >= 4 is 23.5 Å². The maximum Gasteiger partial charge on any atom is 0.326 e. The molecule has 8 nitrogen and oxygen atoms in total. The van der Waals surface area contributed by atoms with Crippen molar-refractivity contribution in [2.75, 3.05) is 19.0 Å². The fourth-order valence-corrected chi connectivity index (χ4v) is 2.24. The van der Waals surface area contributed by atoms with Gasteiger partial charge in [-0.3, -0.25) is 14.4 Å². The van der Waals surface area contributed by atoms with Crippen molar-refractivity contribution in [2.45, 2.75) is 13.0 Å². The Hall–Kier alpha value is -3.86. The molecule has 2 N–H and O–H groups in total. The second-order valence-corrected chi connectivity index (χ2v) is 5.69. The van der Waals surface area contributed by atoms with E-state index in [2.05, 4.69) is 10.6 Å². The number of ether oxygens (including phenoxy) is 2. The number of nitrogens with one attached hydrogen (secondary N) is 2. The summed E-state index contributed by atoms with van der Waals surface area (Å²) in [6, 6.07) is 14.9. The van der Waals surface area contributed by atoms with E-state index in [4.69, 9.17) is 14.7 Å². The van der Waals surface area contributed by atoms with Gasteiger partial charge in [0.1, 0.15) is 18.4 Å². The van der Waals surface area contributed by atoms with Crippen LogP contribution in [0.15, 0.2) is 48.5 Å². The number of esters is 1. The SMILES string of the molecule is COc1cccc(C(=O)NCC(=O)O[C@@H](C)C(=O)Nc2ccccc2C#N)c1. The molecule has 0 heterocycles. The molecule has 0 bridgehead atoms. The van der Waals surface area contributed by atoms with Gasteiger partial charge in [0.15, 0.2) is 6.10 Å². The minimum atomic E-state index is -1.10. The molecule has 0 saturated heterocycles. The number of carbonyl (C=O) groups is 3. The number of hydrogen-bond donors (Lipinski definition) is 2. The van der Waals surface area contributed by atoms with Crippen molar-refractivity contribution in [3.63, 3.8) is 0 Å². The van der Waals surface area contributed by atoms with Gasteiger partial charge in [0, 0.05) is 5.56 Å². The van der Waals surface area contributed by atoms with Gasteiger partial charge in [-0.2, -0.15) is 5.26 Å². The smallest absolute Gasteiger partial charge is 0.326 e. The van der Waals surface area contributed by atoms with Gasteiger partial charge in [-0.1, -0.05) is 18.2 Å². The standard InChI is InChI=1S/C20H19N3O5/c1-13(19(25)23-17-9-4-3-6-15(17)11-21)28-18(24)12-22-20(26)14-7-5-8-16(10-14)27-2/h3-10,13H,12H2,1-2H3,(H,22,26)(H,23,25)/t13-/m0/s1. The van der Waals surface area contributed by atoms with Crippen LogP contribution in [-0.4, -0.2) is 37.5 Å². The molecule has 0 aliphatic rings. The highest BCUT2D eigenvalue weighted by Crippen LogP contribution is 2.14. The third-order valence-electron chi connectivity index (χ3n) is 3.71. The molecule has 0 spiro atoms. The van der Waals surface area contributed by atoms with Crippen LogP contribution in [0.5, 0.6) is 5.75 Å². The molecule has 28 heavy (non-hydrogen) atoms. The van der Waals surface area contributed by atoms with E-state index in [1.54, 1.807) is 42.5 Å². The van der Waals surface area contributed by atoms with Crippen LogP contribution in [-0.2, 0) is 14.3 Å². The normalized spacial score (nSPS) is 10.9. The number of anilines is 1. The highest BCUT2D eigenvalue weighted by molar-refractivity contribution is 5.98. The fourth-order valence-electron chi connectivity index (χ4n) is 2.24. The number of carbonyl (C=O) groups excluding carboxylic acids is 3. The minimum Gasteiger partial charge on any atom is -0.497 e. The van der Waals surface area contributed by atoms with Gasteiger partial charge < -0.3 is 20.1 Å². The number of para-hydroxylation sites is 1. The zero-order valence-electron chi connectivity index (χ0n) is 15.4. The first-order valence-electron chi connectivity index (χ1n) is 8.36. The zero-order chi connectivity index (χ0) is 20.5. The highest BCUT2D eigenvalue weighted by Gasteiger charge is 2.19. The average Bonchev–Trinajstić information content (AvgIpc) is 2.72. The first kappa shape index (κ1) is 20.5. The summed E-state index contributed by atoms with van der Waals surface area (Å²) in [4.78, 5) is 36.1. The van der Waals surface area contributed by atoms with E-state index in [9.17, 15) is 14.4 Å². The van der Waals surface area contributed by atoms with Crippen LogP contribution in [0.1, 0.15) is 22.8 Å². The third kappa shape index (κ3) is 5.57. The first-order valence-corrected chi connectivity index (χ1v) is 8.36. The van der Waals surface area contributed by atoms with Gasteiger partial charge in [-0.05, 0) is 37.3 Å². The van der Waals surface area contributed by atoms with E-state index in [1.807, 2.05) is 6.07 Å². The van der Waals surface area contributed by atoms with Crippen LogP contribution in [0, 0.1) is 11.3 Å². The molecule has 144 valence electrons. The van der Waals surface area contributed by atoms with Crippen molar-refractivity contribution in [1.82, 2.24) is 5.32 Å². The number of hydrogen-bond acceptors (Lipinski definition) is 6. The summed E-state index contributed by atoms with van der Waals surface area (Å²) in [5.74, 6) is -1.32. The quantitative estimate of drug-likeness (QED) is 0.707. The van der Waals surface area contributed by atoms with Gasteiger partial charge in [0.05, 0.1) is 18.4 Å². The number of rotatable bonds is 7. The largest absolute Gasteiger partial charge is 0.497 e.